The third kappa shape index (κ3) is 4.86. The Morgan fingerprint density at radius 3 is 2.92 bits per heavy atom. The summed E-state index contributed by atoms with van der Waals surface area (Å²) in [7, 11) is 1.47. The molecule has 1 aromatic rings. The smallest absolute Gasteiger partial charge is 0.318 e. The maximum atomic E-state index is 12.4. The molecule has 1 aliphatic rings. The maximum Gasteiger partial charge on any atom is 0.318 e. The van der Waals surface area contributed by atoms with Gasteiger partial charge in [0.15, 0.2) is 0 Å². The van der Waals surface area contributed by atoms with Gasteiger partial charge in [-0.3, -0.25) is 4.79 Å². The Hall–Kier alpha value is -2.28. The van der Waals surface area contributed by atoms with Crippen molar-refractivity contribution in [1.29, 1.82) is 0 Å². The van der Waals surface area contributed by atoms with Crippen LogP contribution in [0.25, 0.3) is 0 Å². The highest BCUT2D eigenvalue weighted by Gasteiger charge is 2.21. The van der Waals surface area contributed by atoms with Crippen molar-refractivity contribution in [2.75, 3.05) is 32.2 Å². The minimum atomic E-state index is -0.224. The Balaban J connectivity index is 2.10. The van der Waals surface area contributed by atoms with Crippen LogP contribution in [0.5, 0.6) is 5.75 Å². The molecule has 7 heteroatoms. The monoisotopic (exact) mass is 335 g/mol. The molecule has 3 amide bonds. The maximum absolute atomic E-state index is 12.4. The minimum absolute atomic E-state index is 0.00295. The summed E-state index contributed by atoms with van der Waals surface area (Å²) in [5.41, 5.74) is 1.52. The Morgan fingerprint density at radius 2 is 2.21 bits per heavy atom. The molecule has 24 heavy (non-hydrogen) atoms. The number of anilines is 1. The molecule has 0 fully saturated rings. The lowest BCUT2D eigenvalue weighted by molar-refractivity contribution is -0.119. The second-order valence-corrected chi connectivity index (χ2v) is 5.83. The second-order valence-electron chi connectivity index (χ2n) is 5.83. The van der Waals surface area contributed by atoms with Gasteiger partial charge in [0.2, 0.25) is 5.91 Å². The molecular formula is C17H25N3O4. The topological polar surface area (TPSA) is 79.9 Å². The fraction of sp³-hybridized carbons (Fsp3) is 0.529. The summed E-state index contributed by atoms with van der Waals surface area (Å²) in [4.78, 5) is 25.7. The Labute approximate surface area is 142 Å². The average Bonchev–Trinajstić information content (AvgIpc) is 2.76. The number of rotatable bonds is 5. The van der Waals surface area contributed by atoms with Gasteiger partial charge in [0.25, 0.3) is 0 Å². The van der Waals surface area contributed by atoms with E-state index in [4.69, 9.17) is 9.47 Å². The van der Waals surface area contributed by atoms with E-state index < -0.39 is 0 Å². The number of amides is 3. The number of hydrogen-bond donors (Lipinski definition) is 2. The number of ether oxygens (including phenoxy) is 2. The summed E-state index contributed by atoms with van der Waals surface area (Å²) in [5, 5.41) is 5.73. The summed E-state index contributed by atoms with van der Waals surface area (Å²) in [6, 6.07) is 5.45. The molecule has 1 atom stereocenters. The van der Waals surface area contributed by atoms with Gasteiger partial charge in [-0.05, 0) is 31.5 Å². The van der Waals surface area contributed by atoms with Gasteiger partial charge in [0.05, 0.1) is 13.1 Å². The van der Waals surface area contributed by atoms with Crippen LogP contribution in [0.1, 0.15) is 25.8 Å². The lowest BCUT2D eigenvalue weighted by atomic mass is 10.1. The van der Waals surface area contributed by atoms with Gasteiger partial charge < -0.3 is 25.0 Å². The van der Waals surface area contributed by atoms with Crippen LogP contribution in [0.15, 0.2) is 18.2 Å². The predicted molar refractivity (Wildman–Crippen MR) is 91.1 cm³/mol. The highest BCUT2D eigenvalue weighted by Crippen LogP contribution is 2.26. The molecule has 132 valence electrons. The van der Waals surface area contributed by atoms with E-state index in [0.717, 1.165) is 17.7 Å². The number of carbonyl (C=O) groups excluding carboxylic acids is 2. The summed E-state index contributed by atoms with van der Waals surface area (Å²) in [5.74, 6) is 0.511. The molecule has 0 saturated heterocycles. The summed E-state index contributed by atoms with van der Waals surface area (Å²) >= 11 is 0. The van der Waals surface area contributed by atoms with E-state index in [2.05, 4.69) is 10.6 Å². The quantitative estimate of drug-likeness (QED) is 0.862. The summed E-state index contributed by atoms with van der Waals surface area (Å²) in [6.07, 6.45) is 0.877. The van der Waals surface area contributed by atoms with E-state index in [1.165, 1.54) is 7.11 Å². The van der Waals surface area contributed by atoms with Crippen molar-refractivity contribution in [1.82, 2.24) is 10.2 Å². The number of benzene rings is 1. The van der Waals surface area contributed by atoms with Crippen molar-refractivity contribution in [3.63, 3.8) is 0 Å². The minimum Gasteiger partial charge on any atom is -0.491 e. The lowest BCUT2D eigenvalue weighted by Gasteiger charge is -2.23. The van der Waals surface area contributed by atoms with Crippen LogP contribution in [0.4, 0.5) is 10.5 Å². The third-order valence-corrected chi connectivity index (χ3v) is 3.87. The molecule has 0 bridgehead atoms. The van der Waals surface area contributed by atoms with E-state index in [1.807, 2.05) is 26.0 Å². The van der Waals surface area contributed by atoms with Crippen molar-refractivity contribution in [2.45, 2.75) is 32.9 Å². The molecule has 0 saturated carbocycles. The summed E-state index contributed by atoms with van der Waals surface area (Å²) in [6.45, 7) is 5.39. The molecule has 1 heterocycles. The lowest BCUT2D eigenvalue weighted by Crippen LogP contribution is -2.44. The zero-order valence-electron chi connectivity index (χ0n) is 14.4. The van der Waals surface area contributed by atoms with Crippen LogP contribution in [-0.4, -0.2) is 49.7 Å². The fourth-order valence-corrected chi connectivity index (χ4v) is 2.38. The van der Waals surface area contributed by atoms with Crippen LogP contribution in [0.2, 0.25) is 0 Å². The number of hydrogen-bond acceptors (Lipinski definition) is 4. The van der Waals surface area contributed by atoms with Crippen LogP contribution in [0.3, 0.4) is 0 Å². The van der Waals surface area contributed by atoms with Gasteiger partial charge in [-0.15, -0.1) is 0 Å². The number of nitrogens with zero attached hydrogens (tertiary/aromatic N) is 1. The van der Waals surface area contributed by atoms with E-state index in [9.17, 15) is 9.59 Å². The van der Waals surface area contributed by atoms with Gasteiger partial charge >= 0.3 is 6.03 Å². The van der Waals surface area contributed by atoms with E-state index in [-0.39, 0.29) is 24.6 Å². The van der Waals surface area contributed by atoms with Crippen molar-refractivity contribution >= 4 is 17.6 Å². The van der Waals surface area contributed by atoms with Crippen LogP contribution < -0.4 is 15.4 Å². The van der Waals surface area contributed by atoms with Crippen molar-refractivity contribution < 1.29 is 19.1 Å². The van der Waals surface area contributed by atoms with Crippen LogP contribution in [-0.2, 0) is 16.1 Å². The van der Waals surface area contributed by atoms with Crippen molar-refractivity contribution in [3.8, 4) is 5.75 Å². The first kappa shape index (κ1) is 18.1. The van der Waals surface area contributed by atoms with Crippen molar-refractivity contribution in [2.24, 2.45) is 0 Å². The number of fused-ring (bicyclic) bond motifs is 1. The second kappa shape index (κ2) is 8.54. The Morgan fingerprint density at radius 1 is 1.42 bits per heavy atom. The van der Waals surface area contributed by atoms with Crippen molar-refractivity contribution in [3.05, 3.63) is 23.8 Å². The molecule has 2 N–H and O–H groups in total. The predicted octanol–water partition coefficient (Wildman–Crippen LogP) is 1.97. The first-order chi connectivity index (χ1) is 11.5. The number of carbonyl (C=O) groups is 2. The largest absolute Gasteiger partial charge is 0.491 e. The van der Waals surface area contributed by atoms with Gasteiger partial charge in [0, 0.05) is 24.4 Å². The van der Waals surface area contributed by atoms with Gasteiger partial charge in [-0.2, -0.15) is 0 Å². The zero-order valence-corrected chi connectivity index (χ0v) is 14.4. The van der Waals surface area contributed by atoms with Gasteiger partial charge in [0.1, 0.15) is 19.0 Å². The molecule has 1 aromatic carbocycles. The zero-order chi connectivity index (χ0) is 17.5. The first-order valence-electron chi connectivity index (χ1n) is 8.13. The number of methoxy groups -OCH3 is 1. The molecule has 2 rings (SSSR count). The normalized spacial score (nSPS) is 14.9. The van der Waals surface area contributed by atoms with Gasteiger partial charge in [-0.1, -0.05) is 6.92 Å². The molecule has 1 unspecified atom stereocenters. The molecule has 0 aromatic heterocycles. The molecule has 0 radical (unpaired) electrons. The molecular weight excluding hydrogens is 310 g/mol. The Kier molecular flexibility index (Phi) is 6.43. The molecule has 0 aliphatic carbocycles. The van der Waals surface area contributed by atoms with Crippen LogP contribution in [0, 0.1) is 0 Å². The average molecular weight is 335 g/mol. The first-order valence-corrected chi connectivity index (χ1v) is 8.13. The fourth-order valence-electron chi connectivity index (χ4n) is 2.38. The standard InChI is InChI=1S/C17H25N3O4/c1-4-12(2)18-17(22)20-7-8-24-15-6-5-14(9-13(15)10-20)19-16(21)11-23-3/h5-6,9,12H,4,7-8,10-11H2,1-3H3,(H,18,22)(H,19,21). The third-order valence-electron chi connectivity index (χ3n) is 3.87. The SMILES string of the molecule is CCC(C)NC(=O)N1CCOc2ccc(NC(=O)COC)cc2C1. The Bertz CT molecular complexity index is 591. The van der Waals surface area contributed by atoms with Crippen LogP contribution >= 0.6 is 0 Å². The molecule has 0 spiro atoms. The molecule has 1 aliphatic heterocycles. The van der Waals surface area contributed by atoms with Gasteiger partial charge in [-0.25, -0.2) is 4.79 Å². The van der Waals surface area contributed by atoms with E-state index in [0.29, 0.717) is 25.4 Å². The van der Waals surface area contributed by atoms with E-state index in [1.54, 1.807) is 11.0 Å². The summed E-state index contributed by atoms with van der Waals surface area (Å²) < 4.78 is 10.5. The number of urea groups is 1. The highest BCUT2D eigenvalue weighted by molar-refractivity contribution is 5.91. The highest BCUT2D eigenvalue weighted by atomic mass is 16.5. The molecule has 7 nitrogen and oxygen atoms in total. The van der Waals surface area contributed by atoms with E-state index >= 15 is 0 Å². The number of nitrogens with one attached hydrogen (secondary N) is 2.